The second-order valence-corrected chi connectivity index (χ2v) is 6.66. The molecule has 0 saturated heterocycles. The van der Waals surface area contributed by atoms with Gasteiger partial charge in [-0.15, -0.1) is 0 Å². The third kappa shape index (κ3) is 4.09. The van der Waals surface area contributed by atoms with Crippen molar-refractivity contribution >= 4 is 0 Å². The summed E-state index contributed by atoms with van der Waals surface area (Å²) < 4.78 is 2.22. The molecule has 0 amide bonds. The van der Waals surface area contributed by atoms with Crippen molar-refractivity contribution in [1.82, 2.24) is 4.90 Å². The van der Waals surface area contributed by atoms with Gasteiger partial charge in [0.1, 0.15) is 0 Å². The van der Waals surface area contributed by atoms with Gasteiger partial charge >= 0.3 is 0 Å². The molecule has 2 heteroatoms. The van der Waals surface area contributed by atoms with Gasteiger partial charge in [0.25, 0.3) is 0 Å². The fourth-order valence-electron chi connectivity index (χ4n) is 3.23. The molecular weight excluding hydrogens is 316 g/mol. The fourth-order valence-corrected chi connectivity index (χ4v) is 3.23. The van der Waals surface area contributed by atoms with E-state index in [-0.39, 0.29) is 0 Å². The van der Waals surface area contributed by atoms with Crippen LogP contribution in [0, 0.1) is 0 Å². The van der Waals surface area contributed by atoms with Crippen molar-refractivity contribution in [1.29, 1.82) is 0 Å². The van der Waals surface area contributed by atoms with Gasteiger partial charge in [-0.25, -0.2) is 4.57 Å². The van der Waals surface area contributed by atoms with Gasteiger partial charge in [-0.3, -0.25) is 0 Å². The molecule has 1 aliphatic rings. The van der Waals surface area contributed by atoms with Crippen LogP contribution in [0.15, 0.2) is 110 Å². The highest BCUT2D eigenvalue weighted by atomic mass is 15.1. The van der Waals surface area contributed by atoms with Crippen LogP contribution in [0.5, 0.6) is 0 Å². The highest BCUT2D eigenvalue weighted by Crippen LogP contribution is 2.22. The number of hydrogen-bond acceptors (Lipinski definition) is 1. The van der Waals surface area contributed by atoms with Crippen LogP contribution < -0.4 is 4.57 Å². The molecule has 0 bridgehead atoms. The van der Waals surface area contributed by atoms with Gasteiger partial charge < -0.3 is 4.90 Å². The summed E-state index contributed by atoms with van der Waals surface area (Å²) in [5.41, 5.74) is 3.96. The minimum atomic E-state index is 0.341. The molecule has 0 aliphatic carbocycles. The van der Waals surface area contributed by atoms with Crippen LogP contribution in [0.1, 0.15) is 22.6 Å². The van der Waals surface area contributed by atoms with Crippen molar-refractivity contribution in [3.8, 4) is 0 Å². The number of rotatable bonds is 5. The topological polar surface area (TPSA) is 7.12 Å². The zero-order valence-corrected chi connectivity index (χ0v) is 14.8. The van der Waals surface area contributed by atoms with Crippen LogP contribution in [-0.4, -0.2) is 4.90 Å². The van der Waals surface area contributed by atoms with E-state index in [9.17, 15) is 0 Å². The van der Waals surface area contributed by atoms with Gasteiger partial charge in [-0.1, -0.05) is 72.8 Å². The number of nitrogens with zero attached hydrogens (tertiary/aromatic N) is 2. The predicted molar refractivity (Wildman–Crippen MR) is 105 cm³/mol. The van der Waals surface area contributed by atoms with E-state index in [0.717, 1.165) is 13.1 Å². The van der Waals surface area contributed by atoms with Crippen molar-refractivity contribution in [3.05, 3.63) is 126 Å². The van der Waals surface area contributed by atoms with Crippen LogP contribution in [0.25, 0.3) is 0 Å². The van der Waals surface area contributed by atoms with Gasteiger partial charge in [0, 0.05) is 42.6 Å². The van der Waals surface area contributed by atoms with E-state index >= 15 is 0 Å². The fraction of sp³-hybridized carbons (Fsp3) is 0.125. The van der Waals surface area contributed by atoms with Gasteiger partial charge in [-0.05, 0) is 11.1 Å². The Morgan fingerprint density at radius 2 is 1.27 bits per heavy atom. The maximum Gasteiger partial charge on any atom is 0.173 e. The lowest BCUT2D eigenvalue weighted by Crippen LogP contribution is -2.33. The maximum atomic E-state index is 2.26. The first-order valence-corrected chi connectivity index (χ1v) is 9.06. The minimum Gasteiger partial charge on any atom is -0.350 e. The summed E-state index contributed by atoms with van der Waals surface area (Å²) in [4.78, 5) is 2.23. The number of benzene rings is 2. The second kappa shape index (κ2) is 7.83. The van der Waals surface area contributed by atoms with Crippen molar-refractivity contribution in [2.24, 2.45) is 0 Å². The van der Waals surface area contributed by atoms with Gasteiger partial charge in [0.2, 0.25) is 0 Å². The first kappa shape index (κ1) is 16.3. The monoisotopic (exact) mass is 339 g/mol. The summed E-state index contributed by atoms with van der Waals surface area (Å²) in [5.74, 6) is 0.341. The van der Waals surface area contributed by atoms with Crippen molar-refractivity contribution in [2.75, 3.05) is 0 Å². The summed E-state index contributed by atoms with van der Waals surface area (Å²) in [6.45, 7) is 1.81. The third-order valence-corrected chi connectivity index (χ3v) is 4.69. The van der Waals surface area contributed by atoms with E-state index in [2.05, 4.69) is 119 Å². The molecule has 0 saturated carbocycles. The minimum absolute atomic E-state index is 0.341. The number of aromatic nitrogens is 1. The maximum absolute atomic E-state index is 2.26. The van der Waals surface area contributed by atoms with Gasteiger partial charge in [0.05, 0.1) is 0 Å². The molecule has 2 nitrogen and oxygen atoms in total. The van der Waals surface area contributed by atoms with E-state index in [1.54, 1.807) is 0 Å². The van der Waals surface area contributed by atoms with Crippen LogP contribution in [0.4, 0.5) is 0 Å². The van der Waals surface area contributed by atoms with Crippen LogP contribution in [0.3, 0.4) is 0 Å². The quantitative estimate of drug-likeness (QED) is 0.614. The average Bonchev–Trinajstić information content (AvgIpc) is 2.71. The summed E-state index contributed by atoms with van der Waals surface area (Å²) >= 11 is 0. The van der Waals surface area contributed by atoms with E-state index in [0.29, 0.717) is 5.92 Å². The number of hydrogen-bond donors (Lipinski definition) is 0. The van der Waals surface area contributed by atoms with Gasteiger partial charge in [-0.2, -0.15) is 0 Å². The third-order valence-electron chi connectivity index (χ3n) is 4.69. The zero-order valence-electron chi connectivity index (χ0n) is 14.8. The standard InChI is InChI=1S/C24H23N2/c1-3-7-21(8-4-1)19-25-15-11-23(12-16-25)24-13-17-26(18-14-24)20-22-9-5-2-6-10-22/h1-18,23H,19-20H2/q+1. The molecule has 0 fully saturated rings. The highest BCUT2D eigenvalue weighted by molar-refractivity contribution is 5.29. The lowest BCUT2D eigenvalue weighted by molar-refractivity contribution is -0.688. The molecule has 0 radical (unpaired) electrons. The predicted octanol–water partition coefficient (Wildman–Crippen LogP) is 4.65. The van der Waals surface area contributed by atoms with E-state index in [1.807, 2.05) is 0 Å². The first-order valence-electron chi connectivity index (χ1n) is 9.06. The van der Waals surface area contributed by atoms with Crippen LogP contribution in [-0.2, 0) is 13.1 Å². The molecule has 26 heavy (non-hydrogen) atoms. The summed E-state index contributed by atoms with van der Waals surface area (Å²) in [7, 11) is 0. The summed E-state index contributed by atoms with van der Waals surface area (Å²) in [6, 6.07) is 25.5. The SMILES string of the molecule is C1=CN(Cc2ccccc2)C=CC1c1cc[n+](Cc2ccccc2)cc1. The molecule has 2 heterocycles. The molecule has 0 N–H and O–H groups in total. The molecule has 3 aromatic rings. The van der Waals surface area contributed by atoms with Crippen molar-refractivity contribution in [2.45, 2.75) is 19.0 Å². The van der Waals surface area contributed by atoms with Crippen molar-refractivity contribution in [3.63, 3.8) is 0 Å². The van der Waals surface area contributed by atoms with E-state index in [1.165, 1.54) is 16.7 Å². The number of allylic oxidation sites excluding steroid dienone is 2. The Labute approximate surface area is 155 Å². The van der Waals surface area contributed by atoms with Crippen molar-refractivity contribution < 1.29 is 4.57 Å². The molecule has 1 aromatic heterocycles. The first-order chi connectivity index (χ1) is 12.9. The summed E-state index contributed by atoms with van der Waals surface area (Å²) in [5, 5.41) is 0. The summed E-state index contributed by atoms with van der Waals surface area (Å²) in [6.07, 6.45) is 13.2. The molecule has 0 atom stereocenters. The Hall–Kier alpha value is -3.13. The highest BCUT2D eigenvalue weighted by Gasteiger charge is 2.12. The van der Waals surface area contributed by atoms with Crippen LogP contribution in [0.2, 0.25) is 0 Å². The largest absolute Gasteiger partial charge is 0.350 e. The zero-order chi connectivity index (χ0) is 17.6. The van der Waals surface area contributed by atoms with Gasteiger partial charge in [0.15, 0.2) is 18.9 Å². The molecule has 0 unspecified atom stereocenters. The molecule has 4 rings (SSSR count). The Bertz CT molecular complexity index is 867. The molecule has 128 valence electrons. The Morgan fingerprint density at radius 3 is 1.88 bits per heavy atom. The Kier molecular flexibility index (Phi) is 4.92. The normalized spacial score (nSPS) is 13.9. The second-order valence-electron chi connectivity index (χ2n) is 6.66. The number of pyridine rings is 1. The molecule has 2 aromatic carbocycles. The molecule has 0 spiro atoms. The van der Waals surface area contributed by atoms with E-state index < -0.39 is 0 Å². The Balaban J connectivity index is 1.38. The smallest absolute Gasteiger partial charge is 0.173 e. The van der Waals surface area contributed by atoms with E-state index in [4.69, 9.17) is 0 Å². The molecular formula is C24H23N2+. The lowest BCUT2D eigenvalue weighted by atomic mass is 9.98. The van der Waals surface area contributed by atoms with Crippen LogP contribution >= 0.6 is 0 Å². The Morgan fingerprint density at radius 1 is 0.692 bits per heavy atom. The molecule has 1 aliphatic heterocycles. The average molecular weight is 339 g/mol. The lowest BCUT2D eigenvalue weighted by Gasteiger charge is -2.21.